The molecule has 0 aromatic heterocycles. The number of nitrogens with two attached hydrogens (primary N) is 1. The molecule has 0 saturated carbocycles. The maximum atomic E-state index is 8.92. The summed E-state index contributed by atoms with van der Waals surface area (Å²) in [6.07, 6.45) is 4.31. The molecule has 0 heterocycles. The van der Waals surface area contributed by atoms with Gasteiger partial charge in [-0.05, 0) is 25.3 Å². The summed E-state index contributed by atoms with van der Waals surface area (Å²) < 4.78 is 0. The molecule has 1 aliphatic carbocycles. The third-order valence-corrected chi connectivity index (χ3v) is 1.37. The van der Waals surface area contributed by atoms with Crippen LogP contribution < -0.4 is 5.73 Å². The summed E-state index contributed by atoms with van der Waals surface area (Å²) in [5.74, 6) is 0. The van der Waals surface area contributed by atoms with Crippen LogP contribution in [0, 0.1) is 0 Å². The number of aliphatic hydroxyl groups is 1. The van der Waals surface area contributed by atoms with Crippen LogP contribution in [0.1, 0.15) is 19.3 Å². The van der Waals surface area contributed by atoms with Crippen LogP contribution in [0.3, 0.4) is 0 Å². The second kappa shape index (κ2) is 2.18. The van der Waals surface area contributed by atoms with Crippen LogP contribution in [0.15, 0.2) is 11.8 Å². The van der Waals surface area contributed by atoms with E-state index in [1.165, 1.54) is 0 Å². The average molecular weight is 113 g/mol. The summed E-state index contributed by atoms with van der Waals surface area (Å²) in [4.78, 5) is 0. The van der Waals surface area contributed by atoms with E-state index in [1.54, 1.807) is 6.08 Å². The molecule has 46 valence electrons. The van der Waals surface area contributed by atoms with E-state index in [2.05, 4.69) is 0 Å². The molecule has 1 aliphatic rings. The first-order valence-electron chi connectivity index (χ1n) is 2.93. The van der Waals surface area contributed by atoms with Crippen LogP contribution in [-0.4, -0.2) is 11.2 Å². The molecule has 1 rings (SSSR count). The molecule has 2 heteroatoms. The minimum absolute atomic E-state index is 0.274. The molecule has 0 bridgehead atoms. The molecule has 0 aliphatic heterocycles. The minimum Gasteiger partial charge on any atom is -0.402 e. The number of allylic oxidation sites excluding steroid dienone is 1. The Morgan fingerprint density at radius 2 is 2.50 bits per heavy atom. The highest BCUT2D eigenvalue weighted by Gasteiger charge is 2.06. The second-order valence-electron chi connectivity index (χ2n) is 2.20. The third kappa shape index (κ3) is 1.23. The van der Waals surface area contributed by atoms with Crippen molar-refractivity contribution in [1.82, 2.24) is 0 Å². The molecule has 0 saturated heterocycles. The van der Waals surface area contributed by atoms with Gasteiger partial charge in [0, 0.05) is 5.70 Å². The SMILES string of the molecule is NC1=CC(O)CCC1. The molecule has 2 nitrogen and oxygen atoms in total. The molecular weight excluding hydrogens is 102 g/mol. The molecule has 0 aromatic rings. The normalized spacial score (nSPS) is 29.6. The average Bonchev–Trinajstić information content (AvgIpc) is 1.64. The van der Waals surface area contributed by atoms with Gasteiger partial charge in [-0.15, -0.1) is 0 Å². The van der Waals surface area contributed by atoms with Crippen molar-refractivity contribution in [2.75, 3.05) is 0 Å². The molecular formula is C6H11NO. The van der Waals surface area contributed by atoms with Gasteiger partial charge in [-0.1, -0.05) is 0 Å². The molecule has 0 spiro atoms. The Hall–Kier alpha value is -0.500. The Morgan fingerprint density at radius 3 is 2.88 bits per heavy atom. The van der Waals surface area contributed by atoms with Gasteiger partial charge in [-0.2, -0.15) is 0 Å². The molecule has 3 N–H and O–H groups in total. The van der Waals surface area contributed by atoms with Crippen LogP contribution in [0.4, 0.5) is 0 Å². The van der Waals surface area contributed by atoms with Gasteiger partial charge in [0.25, 0.3) is 0 Å². The number of rotatable bonds is 0. The van der Waals surface area contributed by atoms with E-state index in [9.17, 15) is 0 Å². The lowest BCUT2D eigenvalue weighted by atomic mass is 10.0. The summed E-state index contributed by atoms with van der Waals surface area (Å²) >= 11 is 0. The largest absolute Gasteiger partial charge is 0.402 e. The van der Waals surface area contributed by atoms with Crippen molar-refractivity contribution >= 4 is 0 Å². The summed E-state index contributed by atoms with van der Waals surface area (Å²) in [5.41, 5.74) is 6.26. The van der Waals surface area contributed by atoms with Crippen LogP contribution in [-0.2, 0) is 0 Å². The van der Waals surface area contributed by atoms with Crippen molar-refractivity contribution in [1.29, 1.82) is 0 Å². The summed E-state index contributed by atoms with van der Waals surface area (Å²) in [6, 6.07) is 0. The topological polar surface area (TPSA) is 46.2 Å². The zero-order chi connectivity index (χ0) is 5.98. The predicted octanol–water partition coefficient (Wildman–Crippen LogP) is 0.374. The quantitative estimate of drug-likeness (QED) is 0.477. The first-order chi connectivity index (χ1) is 3.79. The highest BCUT2D eigenvalue weighted by Crippen LogP contribution is 2.12. The first kappa shape index (κ1) is 5.63. The van der Waals surface area contributed by atoms with Gasteiger partial charge in [0.1, 0.15) is 0 Å². The van der Waals surface area contributed by atoms with Gasteiger partial charge in [0.15, 0.2) is 0 Å². The van der Waals surface area contributed by atoms with Gasteiger partial charge in [0.05, 0.1) is 6.10 Å². The van der Waals surface area contributed by atoms with Gasteiger partial charge < -0.3 is 10.8 Å². The highest BCUT2D eigenvalue weighted by atomic mass is 16.3. The van der Waals surface area contributed by atoms with Crippen molar-refractivity contribution in [2.24, 2.45) is 5.73 Å². The van der Waals surface area contributed by atoms with Gasteiger partial charge in [-0.3, -0.25) is 0 Å². The molecule has 0 aromatic carbocycles. The monoisotopic (exact) mass is 113 g/mol. The van der Waals surface area contributed by atoms with Gasteiger partial charge in [0.2, 0.25) is 0 Å². The number of hydrogen-bond donors (Lipinski definition) is 2. The fourth-order valence-electron chi connectivity index (χ4n) is 0.929. The van der Waals surface area contributed by atoms with Crippen molar-refractivity contribution in [3.63, 3.8) is 0 Å². The molecule has 8 heavy (non-hydrogen) atoms. The third-order valence-electron chi connectivity index (χ3n) is 1.37. The van der Waals surface area contributed by atoms with E-state index in [4.69, 9.17) is 10.8 Å². The number of aliphatic hydroxyl groups excluding tert-OH is 1. The van der Waals surface area contributed by atoms with Gasteiger partial charge >= 0.3 is 0 Å². The van der Waals surface area contributed by atoms with Crippen LogP contribution >= 0.6 is 0 Å². The standard InChI is InChI=1S/C6H11NO/c7-5-2-1-3-6(8)4-5/h4,6,8H,1-3,7H2. The Labute approximate surface area is 49.0 Å². The zero-order valence-electron chi connectivity index (χ0n) is 4.80. The maximum Gasteiger partial charge on any atom is 0.0740 e. The van der Waals surface area contributed by atoms with Crippen LogP contribution in [0.25, 0.3) is 0 Å². The van der Waals surface area contributed by atoms with E-state index in [-0.39, 0.29) is 6.10 Å². The van der Waals surface area contributed by atoms with E-state index in [0.29, 0.717) is 0 Å². The number of hydrogen-bond acceptors (Lipinski definition) is 2. The smallest absolute Gasteiger partial charge is 0.0740 e. The maximum absolute atomic E-state index is 8.92. The lowest BCUT2D eigenvalue weighted by molar-refractivity contribution is 0.202. The Bertz CT molecular complexity index is 109. The van der Waals surface area contributed by atoms with Crippen molar-refractivity contribution in [3.05, 3.63) is 11.8 Å². The molecule has 1 unspecified atom stereocenters. The predicted molar refractivity (Wildman–Crippen MR) is 32.1 cm³/mol. The molecule has 1 atom stereocenters. The Morgan fingerprint density at radius 1 is 1.75 bits per heavy atom. The lowest BCUT2D eigenvalue weighted by Crippen LogP contribution is -2.12. The van der Waals surface area contributed by atoms with Crippen molar-refractivity contribution in [2.45, 2.75) is 25.4 Å². The van der Waals surface area contributed by atoms with Gasteiger partial charge in [-0.25, -0.2) is 0 Å². The first-order valence-corrected chi connectivity index (χ1v) is 2.93. The lowest BCUT2D eigenvalue weighted by Gasteiger charge is -2.12. The summed E-state index contributed by atoms with van der Waals surface area (Å²) in [6.45, 7) is 0. The van der Waals surface area contributed by atoms with E-state index < -0.39 is 0 Å². The van der Waals surface area contributed by atoms with E-state index in [0.717, 1.165) is 25.0 Å². The summed E-state index contributed by atoms with van der Waals surface area (Å²) in [7, 11) is 0. The Balaban J connectivity index is 2.50. The van der Waals surface area contributed by atoms with Crippen LogP contribution in [0.2, 0.25) is 0 Å². The van der Waals surface area contributed by atoms with E-state index in [1.807, 2.05) is 0 Å². The minimum atomic E-state index is -0.274. The van der Waals surface area contributed by atoms with Crippen molar-refractivity contribution < 1.29 is 5.11 Å². The van der Waals surface area contributed by atoms with Crippen LogP contribution in [0.5, 0.6) is 0 Å². The fourth-order valence-corrected chi connectivity index (χ4v) is 0.929. The Kier molecular flexibility index (Phi) is 1.53. The van der Waals surface area contributed by atoms with Crippen molar-refractivity contribution in [3.8, 4) is 0 Å². The highest BCUT2D eigenvalue weighted by molar-refractivity contribution is 5.03. The summed E-state index contributed by atoms with van der Waals surface area (Å²) in [5, 5.41) is 8.92. The molecule has 0 fully saturated rings. The zero-order valence-corrected chi connectivity index (χ0v) is 4.80. The van der Waals surface area contributed by atoms with E-state index >= 15 is 0 Å². The molecule has 0 radical (unpaired) electrons. The second-order valence-corrected chi connectivity index (χ2v) is 2.20. The fraction of sp³-hybridized carbons (Fsp3) is 0.667. The molecule has 0 amide bonds.